The van der Waals surface area contributed by atoms with E-state index in [1.54, 1.807) is 43.3 Å². The fraction of sp³-hybridized carbons (Fsp3) is 0.200. The number of rotatable bonds is 6. The number of esters is 1. The molecule has 0 aliphatic heterocycles. The van der Waals surface area contributed by atoms with Crippen molar-refractivity contribution in [3.63, 3.8) is 0 Å². The molecule has 1 aromatic heterocycles. The summed E-state index contributed by atoms with van der Waals surface area (Å²) < 4.78 is 17.1. The van der Waals surface area contributed by atoms with Gasteiger partial charge in [0.1, 0.15) is 0 Å². The molecule has 0 saturated carbocycles. The second-order valence-corrected chi connectivity index (χ2v) is 7.32. The minimum absolute atomic E-state index is 0.349. The minimum Gasteiger partial charge on any atom is -0.493 e. The maximum absolute atomic E-state index is 12.6. The number of nitrogens with zero attached hydrogens (tertiary/aromatic N) is 2. The molecule has 30 heavy (non-hydrogen) atoms. The lowest BCUT2D eigenvalue weighted by molar-refractivity contribution is -0.147. The Balaban J connectivity index is 1.98. The summed E-state index contributed by atoms with van der Waals surface area (Å²) >= 11 is 2.03. The van der Waals surface area contributed by atoms with E-state index in [0.29, 0.717) is 31.5 Å². The third-order valence-corrected chi connectivity index (χ3v) is 4.99. The second-order valence-electron chi connectivity index (χ2n) is 6.15. The number of para-hydroxylation sites is 1. The van der Waals surface area contributed by atoms with Gasteiger partial charge >= 0.3 is 11.7 Å². The van der Waals surface area contributed by atoms with Gasteiger partial charge < -0.3 is 19.2 Å². The summed E-state index contributed by atoms with van der Waals surface area (Å²) in [4.78, 5) is 39.1. The number of ether oxygens (including phenoxy) is 3. The Bertz CT molecular complexity index is 1250. The van der Waals surface area contributed by atoms with E-state index in [2.05, 4.69) is 14.8 Å². The van der Waals surface area contributed by atoms with E-state index in [0.717, 1.165) is 4.68 Å². The highest BCUT2D eigenvalue weighted by Crippen LogP contribution is 2.34. The van der Waals surface area contributed by atoms with Gasteiger partial charge in [0.15, 0.2) is 17.6 Å². The average Bonchev–Trinajstić information content (AvgIpc) is 2.74. The smallest absolute Gasteiger partial charge is 0.349 e. The Morgan fingerprint density at radius 3 is 2.67 bits per heavy atom. The van der Waals surface area contributed by atoms with E-state index < -0.39 is 23.3 Å². The predicted octanol–water partition coefficient (Wildman–Crippen LogP) is 2.13. The highest BCUT2D eigenvalue weighted by atomic mass is 127. The van der Waals surface area contributed by atoms with E-state index in [-0.39, 0.29) is 0 Å². The van der Waals surface area contributed by atoms with Crippen molar-refractivity contribution in [1.29, 1.82) is 0 Å². The molecule has 0 aliphatic rings. The summed E-state index contributed by atoms with van der Waals surface area (Å²) in [5.74, 6) is 0.209. The third kappa shape index (κ3) is 4.37. The number of nitrogens with one attached hydrogen (secondary N) is 1. The molecule has 0 fully saturated rings. The normalized spacial score (nSPS) is 12.1. The van der Waals surface area contributed by atoms with Gasteiger partial charge in [0.25, 0.3) is 5.56 Å². The van der Waals surface area contributed by atoms with Crippen LogP contribution < -0.4 is 20.7 Å². The van der Waals surface area contributed by atoms with Crippen molar-refractivity contribution in [3.8, 4) is 11.5 Å². The summed E-state index contributed by atoms with van der Waals surface area (Å²) in [7, 11) is 2.74. The number of fused-ring (bicyclic) bond motifs is 1. The van der Waals surface area contributed by atoms with Gasteiger partial charge in [0, 0.05) is 0 Å². The lowest BCUT2D eigenvalue weighted by Gasteiger charge is -2.17. The zero-order valence-electron chi connectivity index (χ0n) is 16.3. The summed E-state index contributed by atoms with van der Waals surface area (Å²) in [5.41, 5.74) is -0.173. The van der Waals surface area contributed by atoms with Crippen LogP contribution in [0.25, 0.3) is 10.9 Å². The number of benzene rings is 2. The Labute approximate surface area is 184 Å². The van der Waals surface area contributed by atoms with Crippen LogP contribution >= 0.6 is 22.6 Å². The van der Waals surface area contributed by atoms with Gasteiger partial charge in [-0.05, 0) is 59.3 Å². The number of aromatic nitrogens is 2. The maximum atomic E-state index is 12.6. The van der Waals surface area contributed by atoms with Gasteiger partial charge in [-0.3, -0.25) is 4.79 Å². The largest absolute Gasteiger partial charge is 0.493 e. The number of aromatic amines is 1. The van der Waals surface area contributed by atoms with E-state index in [1.807, 2.05) is 22.6 Å². The van der Waals surface area contributed by atoms with Crippen LogP contribution in [0.3, 0.4) is 0 Å². The van der Waals surface area contributed by atoms with Crippen LogP contribution in [0, 0.1) is 3.57 Å². The minimum atomic E-state index is -0.827. The summed E-state index contributed by atoms with van der Waals surface area (Å²) in [6.07, 6.45) is 0.538. The molecule has 3 aromatic rings. The Morgan fingerprint density at radius 1 is 1.23 bits per heavy atom. The first-order valence-electron chi connectivity index (χ1n) is 8.76. The molecule has 156 valence electrons. The highest BCUT2D eigenvalue weighted by molar-refractivity contribution is 14.1. The van der Waals surface area contributed by atoms with Crippen molar-refractivity contribution in [2.24, 2.45) is 5.10 Å². The highest BCUT2D eigenvalue weighted by Gasteiger charge is 2.20. The number of hydrogen-bond acceptors (Lipinski definition) is 7. The van der Waals surface area contributed by atoms with Crippen molar-refractivity contribution < 1.29 is 19.0 Å². The first-order valence-corrected chi connectivity index (χ1v) is 9.84. The van der Waals surface area contributed by atoms with E-state index in [4.69, 9.17) is 9.47 Å². The Morgan fingerprint density at radius 2 is 1.97 bits per heavy atom. The van der Waals surface area contributed by atoms with Crippen molar-refractivity contribution in [1.82, 2.24) is 9.66 Å². The van der Waals surface area contributed by atoms with Crippen LogP contribution in [0.5, 0.6) is 11.5 Å². The van der Waals surface area contributed by atoms with Crippen LogP contribution in [0.2, 0.25) is 0 Å². The molecule has 10 heteroatoms. The number of carbonyl (C=O) groups is 1. The Hall–Kier alpha value is -3.15. The molecule has 0 unspecified atom stereocenters. The summed E-state index contributed by atoms with van der Waals surface area (Å²) in [5, 5.41) is 4.38. The average molecular weight is 523 g/mol. The molecule has 9 nitrogen and oxygen atoms in total. The second kappa shape index (κ2) is 9.11. The van der Waals surface area contributed by atoms with Crippen LogP contribution in [0.4, 0.5) is 0 Å². The van der Waals surface area contributed by atoms with Crippen LogP contribution in [0.1, 0.15) is 12.5 Å². The van der Waals surface area contributed by atoms with Gasteiger partial charge in [-0.1, -0.05) is 12.1 Å². The topological polar surface area (TPSA) is 112 Å². The quantitative estimate of drug-likeness (QED) is 0.301. The lowest BCUT2D eigenvalue weighted by Crippen LogP contribution is -2.32. The molecule has 0 spiro atoms. The molecule has 1 N–H and O–H groups in total. The van der Waals surface area contributed by atoms with Gasteiger partial charge in [-0.15, -0.1) is 4.68 Å². The third-order valence-electron chi connectivity index (χ3n) is 4.19. The van der Waals surface area contributed by atoms with E-state index in [1.165, 1.54) is 20.4 Å². The van der Waals surface area contributed by atoms with Gasteiger partial charge in [-0.2, -0.15) is 5.10 Å². The number of methoxy groups -OCH3 is 2. The van der Waals surface area contributed by atoms with Gasteiger partial charge in [0.05, 0.1) is 34.9 Å². The zero-order chi connectivity index (χ0) is 21.8. The number of H-pyrrole nitrogens is 1. The van der Waals surface area contributed by atoms with Crippen molar-refractivity contribution in [2.75, 3.05) is 14.2 Å². The number of hydrogen-bond donors (Lipinski definition) is 1. The fourth-order valence-corrected chi connectivity index (χ4v) is 3.45. The zero-order valence-corrected chi connectivity index (χ0v) is 18.5. The van der Waals surface area contributed by atoms with Crippen LogP contribution in [-0.2, 0) is 9.53 Å². The van der Waals surface area contributed by atoms with Gasteiger partial charge in [-0.25, -0.2) is 9.59 Å². The monoisotopic (exact) mass is 523 g/mol. The molecular weight excluding hydrogens is 505 g/mol. The number of halogens is 1. The molecule has 0 radical (unpaired) electrons. The molecule has 0 bridgehead atoms. The van der Waals surface area contributed by atoms with E-state index >= 15 is 0 Å². The lowest BCUT2D eigenvalue weighted by atomic mass is 10.2. The molecule has 0 saturated heterocycles. The predicted molar refractivity (Wildman–Crippen MR) is 120 cm³/mol. The Kier molecular flexibility index (Phi) is 6.55. The molecule has 1 atom stereocenters. The first kappa shape index (κ1) is 21.6. The SMILES string of the molecule is COC(=O)[C@H](C)Oc1c(I)cc(C=Nn2c(=O)[nH]c3ccccc3c2=O)cc1OC. The molecular formula is C20H18IN3O6. The molecule has 3 rings (SSSR count). The maximum Gasteiger partial charge on any atom is 0.349 e. The summed E-state index contributed by atoms with van der Waals surface area (Å²) in [6.45, 7) is 1.56. The molecule has 2 aromatic carbocycles. The van der Waals surface area contributed by atoms with Crippen molar-refractivity contribution in [2.45, 2.75) is 13.0 Å². The van der Waals surface area contributed by atoms with Gasteiger partial charge in [0.2, 0.25) is 0 Å². The first-order chi connectivity index (χ1) is 14.3. The van der Waals surface area contributed by atoms with Crippen molar-refractivity contribution >= 4 is 45.7 Å². The number of carbonyl (C=O) groups excluding carboxylic acids is 1. The standard InChI is InChI=1S/C20H18IN3O6/c1-11(19(26)29-3)30-17-14(21)8-12(9-16(17)28-2)10-22-24-18(25)13-6-4-5-7-15(13)23-20(24)27/h4-11H,1-3H3,(H,23,27)/t11-/m0/s1. The van der Waals surface area contributed by atoms with Crippen LogP contribution in [0.15, 0.2) is 51.1 Å². The molecule has 0 aliphatic carbocycles. The summed E-state index contributed by atoms with van der Waals surface area (Å²) in [6, 6.07) is 10.0. The van der Waals surface area contributed by atoms with Crippen molar-refractivity contribution in [3.05, 3.63) is 66.4 Å². The fourth-order valence-electron chi connectivity index (χ4n) is 2.70. The molecule has 0 amide bonds. The van der Waals surface area contributed by atoms with Crippen LogP contribution in [-0.4, -0.2) is 42.2 Å². The van der Waals surface area contributed by atoms with E-state index in [9.17, 15) is 14.4 Å². The molecule has 1 heterocycles.